The molecule has 0 aliphatic carbocycles. The summed E-state index contributed by atoms with van der Waals surface area (Å²) in [5, 5.41) is 6.50. The molecule has 1 aromatic heterocycles. The molecule has 126 valence electrons. The Kier molecular flexibility index (Phi) is 5.13. The number of aryl methyl sites for hydroxylation is 1. The van der Waals surface area contributed by atoms with Crippen LogP contribution in [-0.2, 0) is 11.3 Å². The zero-order valence-electron chi connectivity index (χ0n) is 13.8. The van der Waals surface area contributed by atoms with Crippen molar-refractivity contribution in [1.29, 1.82) is 0 Å². The van der Waals surface area contributed by atoms with Crippen LogP contribution in [0.25, 0.3) is 0 Å². The first-order chi connectivity index (χ1) is 11.2. The molecule has 2 aliphatic rings. The topological polar surface area (TPSA) is 66.5 Å². The quantitative estimate of drug-likeness (QED) is 0.866. The predicted octanol–water partition coefficient (Wildman–Crippen LogP) is 1.44. The van der Waals surface area contributed by atoms with Crippen LogP contribution in [0.5, 0.6) is 0 Å². The van der Waals surface area contributed by atoms with Crippen molar-refractivity contribution >= 4 is 6.03 Å². The molecule has 0 bridgehead atoms. The fourth-order valence-electron chi connectivity index (χ4n) is 3.58. The van der Waals surface area contributed by atoms with Gasteiger partial charge in [-0.15, -0.1) is 0 Å². The van der Waals surface area contributed by atoms with Gasteiger partial charge in [0.15, 0.2) is 0 Å². The molecule has 6 nitrogen and oxygen atoms in total. The van der Waals surface area contributed by atoms with Gasteiger partial charge >= 0.3 is 6.03 Å². The average Bonchev–Trinajstić information content (AvgIpc) is 2.76. The summed E-state index contributed by atoms with van der Waals surface area (Å²) in [4.78, 5) is 19.1. The van der Waals surface area contributed by atoms with Crippen molar-refractivity contribution in [2.45, 2.75) is 38.3 Å². The van der Waals surface area contributed by atoms with Crippen LogP contribution in [0, 0.1) is 6.92 Å². The Bertz CT molecular complexity index is 543. The second-order valence-corrected chi connectivity index (χ2v) is 6.45. The van der Waals surface area contributed by atoms with E-state index in [1.807, 2.05) is 24.0 Å². The highest BCUT2D eigenvalue weighted by molar-refractivity contribution is 5.75. The van der Waals surface area contributed by atoms with Crippen LogP contribution in [0.4, 0.5) is 4.79 Å². The molecular formula is C17H26N4O2. The molecule has 3 heterocycles. The Morgan fingerprint density at radius 3 is 3.00 bits per heavy atom. The third kappa shape index (κ3) is 3.82. The molecule has 2 fully saturated rings. The minimum absolute atomic E-state index is 0.0325. The summed E-state index contributed by atoms with van der Waals surface area (Å²) < 4.78 is 5.52. The number of hydrogen-bond donors (Lipinski definition) is 2. The first-order valence-electron chi connectivity index (χ1n) is 8.45. The van der Waals surface area contributed by atoms with E-state index in [4.69, 9.17) is 4.74 Å². The van der Waals surface area contributed by atoms with E-state index >= 15 is 0 Å². The lowest BCUT2D eigenvalue weighted by Gasteiger charge is -2.45. The fraction of sp³-hybridized carbons (Fsp3) is 0.647. The molecule has 2 N–H and O–H groups in total. The van der Waals surface area contributed by atoms with Crippen LogP contribution in [0.15, 0.2) is 18.3 Å². The van der Waals surface area contributed by atoms with Gasteiger partial charge in [-0.1, -0.05) is 0 Å². The first kappa shape index (κ1) is 16.2. The minimum Gasteiger partial charge on any atom is -0.381 e. The van der Waals surface area contributed by atoms with Gasteiger partial charge in [-0.3, -0.25) is 4.98 Å². The highest BCUT2D eigenvalue weighted by Gasteiger charge is 2.41. The summed E-state index contributed by atoms with van der Waals surface area (Å²) in [7, 11) is 0. The van der Waals surface area contributed by atoms with Crippen molar-refractivity contribution in [1.82, 2.24) is 20.5 Å². The summed E-state index contributed by atoms with van der Waals surface area (Å²) in [5.74, 6) is 0. The van der Waals surface area contributed by atoms with Crippen LogP contribution in [0.1, 0.15) is 30.5 Å². The molecule has 2 amide bonds. The number of urea groups is 1. The van der Waals surface area contributed by atoms with Crippen LogP contribution in [0.3, 0.4) is 0 Å². The van der Waals surface area contributed by atoms with Crippen LogP contribution in [0.2, 0.25) is 0 Å². The Balaban J connectivity index is 1.67. The van der Waals surface area contributed by atoms with Crippen LogP contribution < -0.4 is 10.6 Å². The lowest BCUT2D eigenvalue weighted by Crippen LogP contribution is -2.57. The van der Waals surface area contributed by atoms with E-state index in [1.54, 1.807) is 6.20 Å². The van der Waals surface area contributed by atoms with Crippen LogP contribution in [-0.4, -0.2) is 54.3 Å². The summed E-state index contributed by atoms with van der Waals surface area (Å²) in [5.41, 5.74) is 2.00. The van der Waals surface area contributed by atoms with E-state index in [1.165, 1.54) is 0 Å². The van der Waals surface area contributed by atoms with E-state index in [-0.39, 0.29) is 11.6 Å². The molecule has 2 aliphatic heterocycles. The van der Waals surface area contributed by atoms with Gasteiger partial charge < -0.3 is 20.3 Å². The second-order valence-electron chi connectivity index (χ2n) is 6.45. The van der Waals surface area contributed by atoms with Gasteiger partial charge in [0.05, 0.1) is 5.54 Å². The molecule has 0 radical (unpaired) electrons. The molecule has 0 atom stereocenters. The SMILES string of the molecule is Cc1cc(CNC(=O)N2CCNCCC23CCOCC3)ccn1. The molecule has 6 heteroatoms. The maximum Gasteiger partial charge on any atom is 0.318 e. The van der Waals surface area contributed by atoms with Gasteiger partial charge in [-0.05, 0) is 50.4 Å². The monoisotopic (exact) mass is 318 g/mol. The summed E-state index contributed by atoms with van der Waals surface area (Å²) in [6.07, 6.45) is 4.64. The number of carbonyl (C=O) groups is 1. The van der Waals surface area contributed by atoms with Crippen molar-refractivity contribution in [3.05, 3.63) is 29.6 Å². The van der Waals surface area contributed by atoms with Crippen molar-refractivity contribution in [3.63, 3.8) is 0 Å². The molecular weight excluding hydrogens is 292 g/mol. The second kappa shape index (κ2) is 7.27. The predicted molar refractivity (Wildman–Crippen MR) is 88.2 cm³/mol. The smallest absolute Gasteiger partial charge is 0.318 e. The number of carbonyl (C=O) groups excluding carboxylic acids is 1. The number of nitrogens with zero attached hydrogens (tertiary/aromatic N) is 2. The van der Waals surface area contributed by atoms with Gasteiger partial charge in [0.25, 0.3) is 0 Å². The van der Waals surface area contributed by atoms with Gasteiger partial charge in [-0.2, -0.15) is 0 Å². The minimum atomic E-state index is -0.0556. The molecule has 0 unspecified atom stereocenters. The summed E-state index contributed by atoms with van der Waals surface area (Å²) in [6, 6.07) is 3.99. The van der Waals surface area contributed by atoms with Gasteiger partial charge in [0.2, 0.25) is 0 Å². The average molecular weight is 318 g/mol. The zero-order chi connectivity index (χ0) is 16.1. The number of amides is 2. The molecule has 1 spiro atoms. The number of ether oxygens (including phenoxy) is 1. The normalized spacial score (nSPS) is 21.0. The number of rotatable bonds is 2. The fourth-order valence-corrected chi connectivity index (χ4v) is 3.58. The first-order valence-corrected chi connectivity index (χ1v) is 8.45. The van der Waals surface area contributed by atoms with Gasteiger partial charge in [0, 0.05) is 44.7 Å². The summed E-state index contributed by atoms with van der Waals surface area (Å²) in [6.45, 7) is 6.56. The van der Waals surface area contributed by atoms with E-state index in [0.29, 0.717) is 6.54 Å². The maximum absolute atomic E-state index is 12.8. The molecule has 1 aromatic rings. The number of pyridine rings is 1. The Morgan fingerprint density at radius 1 is 1.39 bits per heavy atom. The van der Waals surface area contributed by atoms with E-state index < -0.39 is 0 Å². The highest BCUT2D eigenvalue weighted by Crippen LogP contribution is 2.32. The van der Waals surface area contributed by atoms with Crippen molar-refractivity contribution in [2.75, 3.05) is 32.8 Å². The maximum atomic E-state index is 12.8. The Hall–Kier alpha value is -1.66. The molecule has 23 heavy (non-hydrogen) atoms. The third-order valence-corrected chi connectivity index (χ3v) is 4.93. The standard InChI is InChI=1S/C17H26N4O2/c1-14-12-15(2-6-19-14)13-20-16(22)21-9-8-18-7-3-17(21)4-10-23-11-5-17/h2,6,12,18H,3-5,7-11,13H2,1H3,(H,20,22). The molecule has 3 rings (SSSR count). The lowest BCUT2D eigenvalue weighted by atomic mass is 9.85. The Morgan fingerprint density at radius 2 is 2.22 bits per heavy atom. The summed E-state index contributed by atoms with van der Waals surface area (Å²) >= 11 is 0. The molecule has 0 saturated carbocycles. The number of hydrogen-bond acceptors (Lipinski definition) is 4. The van der Waals surface area contributed by atoms with Crippen LogP contribution >= 0.6 is 0 Å². The molecule has 2 saturated heterocycles. The number of nitrogens with one attached hydrogen (secondary N) is 2. The van der Waals surface area contributed by atoms with Crippen molar-refractivity contribution in [3.8, 4) is 0 Å². The van der Waals surface area contributed by atoms with Crippen molar-refractivity contribution < 1.29 is 9.53 Å². The Labute approximate surface area is 137 Å². The molecule has 0 aromatic carbocycles. The zero-order valence-corrected chi connectivity index (χ0v) is 13.8. The number of aromatic nitrogens is 1. The highest BCUT2D eigenvalue weighted by atomic mass is 16.5. The van der Waals surface area contributed by atoms with Crippen molar-refractivity contribution in [2.24, 2.45) is 0 Å². The third-order valence-electron chi connectivity index (χ3n) is 4.93. The lowest BCUT2D eigenvalue weighted by molar-refractivity contribution is -0.00899. The van der Waals surface area contributed by atoms with E-state index in [0.717, 1.165) is 63.4 Å². The van der Waals surface area contributed by atoms with E-state index in [2.05, 4.69) is 15.6 Å². The van der Waals surface area contributed by atoms with Gasteiger partial charge in [-0.25, -0.2) is 4.79 Å². The van der Waals surface area contributed by atoms with Gasteiger partial charge in [0.1, 0.15) is 0 Å². The van der Waals surface area contributed by atoms with E-state index in [9.17, 15) is 4.79 Å². The largest absolute Gasteiger partial charge is 0.381 e.